The highest BCUT2D eigenvalue weighted by Gasteiger charge is 2.10. The third-order valence-corrected chi connectivity index (χ3v) is 4.80. The molecule has 142 valence electrons. The molecule has 0 fully saturated rings. The Morgan fingerprint density at radius 2 is 1.68 bits per heavy atom. The summed E-state index contributed by atoms with van der Waals surface area (Å²) in [6.07, 6.45) is 2.38. The van der Waals surface area contributed by atoms with E-state index in [9.17, 15) is 0 Å². The van der Waals surface area contributed by atoms with Crippen molar-refractivity contribution in [3.63, 3.8) is 0 Å². The predicted molar refractivity (Wildman–Crippen MR) is 110 cm³/mol. The maximum Gasteiger partial charge on any atom is 0.156 e. The molecule has 0 aliphatic carbocycles. The van der Waals surface area contributed by atoms with Crippen molar-refractivity contribution in [2.75, 3.05) is 13.7 Å². The van der Waals surface area contributed by atoms with Gasteiger partial charge < -0.3 is 9.84 Å². The number of benzene rings is 2. The highest BCUT2D eigenvalue weighted by atomic mass is 16.5. The summed E-state index contributed by atoms with van der Waals surface area (Å²) >= 11 is 0. The maximum atomic E-state index is 8.95. The molecular formula is C23H23N3O2. The number of pyridine rings is 1. The van der Waals surface area contributed by atoms with Crippen molar-refractivity contribution in [2.24, 2.45) is 0 Å². The fraction of sp³-hybridized carbons (Fsp3) is 0.217. The van der Waals surface area contributed by atoms with E-state index in [-0.39, 0.29) is 6.61 Å². The van der Waals surface area contributed by atoms with Crippen LogP contribution < -0.4 is 4.74 Å². The second kappa shape index (κ2) is 8.23. The van der Waals surface area contributed by atoms with Gasteiger partial charge in [-0.2, -0.15) is 5.10 Å². The lowest BCUT2D eigenvalue weighted by Crippen LogP contribution is -1.96. The summed E-state index contributed by atoms with van der Waals surface area (Å²) in [5.74, 6) is 1.63. The zero-order valence-electron chi connectivity index (χ0n) is 15.9. The molecule has 0 amide bonds. The number of fused-ring (bicyclic) bond motifs is 1. The fourth-order valence-electron chi connectivity index (χ4n) is 3.29. The van der Waals surface area contributed by atoms with Crippen LogP contribution in [0.15, 0.2) is 66.7 Å². The first-order chi connectivity index (χ1) is 13.8. The Labute approximate surface area is 164 Å². The van der Waals surface area contributed by atoms with Crippen LogP contribution in [0.3, 0.4) is 0 Å². The van der Waals surface area contributed by atoms with Gasteiger partial charge in [-0.3, -0.25) is 0 Å². The maximum absolute atomic E-state index is 8.95. The number of rotatable bonds is 7. The molecular weight excluding hydrogens is 350 g/mol. The lowest BCUT2D eigenvalue weighted by Gasteiger charge is -2.05. The summed E-state index contributed by atoms with van der Waals surface area (Å²) in [5, 5.41) is 13.7. The van der Waals surface area contributed by atoms with Gasteiger partial charge in [-0.15, -0.1) is 0 Å². The van der Waals surface area contributed by atoms with Crippen molar-refractivity contribution < 1.29 is 9.84 Å². The van der Waals surface area contributed by atoms with E-state index in [0.717, 1.165) is 41.3 Å². The normalized spacial score (nSPS) is 11.1. The molecule has 5 heteroatoms. The second-order valence-corrected chi connectivity index (χ2v) is 6.76. The number of aliphatic hydroxyl groups is 1. The van der Waals surface area contributed by atoms with Crippen LogP contribution in [0.1, 0.15) is 23.4 Å². The van der Waals surface area contributed by atoms with Crippen molar-refractivity contribution in [3.05, 3.63) is 83.7 Å². The van der Waals surface area contributed by atoms with Gasteiger partial charge in [-0.25, -0.2) is 9.50 Å². The minimum atomic E-state index is 0.226. The van der Waals surface area contributed by atoms with Crippen LogP contribution in [0.25, 0.3) is 16.9 Å². The van der Waals surface area contributed by atoms with Gasteiger partial charge in [0.05, 0.1) is 12.8 Å². The van der Waals surface area contributed by atoms with Crippen LogP contribution in [-0.2, 0) is 12.8 Å². The smallest absolute Gasteiger partial charge is 0.156 e. The van der Waals surface area contributed by atoms with Crippen LogP contribution in [-0.4, -0.2) is 33.4 Å². The molecule has 5 nitrogen and oxygen atoms in total. The first kappa shape index (κ1) is 18.2. The predicted octanol–water partition coefficient (Wildman–Crippen LogP) is 3.92. The number of methoxy groups -OCH3 is 1. The number of nitrogens with zero attached hydrogens (tertiary/aromatic N) is 3. The standard InChI is InChI=1S/C23H23N3O2/c1-28-20-13-11-19(12-14-20)21-5-2-6-23-24-22(25-26(21)23)16-18-9-7-17(8-10-18)4-3-15-27/h2,5-14,27H,3-4,15-16H2,1H3. The summed E-state index contributed by atoms with van der Waals surface area (Å²) < 4.78 is 7.14. The minimum absolute atomic E-state index is 0.226. The van der Waals surface area contributed by atoms with Crippen molar-refractivity contribution >= 4 is 5.65 Å². The molecule has 0 unspecified atom stereocenters. The quantitative estimate of drug-likeness (QED) is 0.533. The number of hydrogen-bond donors (Lipinski definition) is 1. The third kappa shape index (κ3) is 3.89. The minimum Gasteiger partial charge on any atom is -0.497 e. The third-order valence-electron chi connectivity index (χ3n) is 4.80. The number of hydrogen-bond acceptors (Lipinski definition) is 4. The zero-order valence-corrected chi connectivity index (χ0v) is 15.9. The van der Waals surface area contributed by atoms with Crippen molar-refractivity contribution in [1.82, 2.24) is 14.6 Å². The van der Waals surface area contributed by atoms with Crippen LogP contribution >= 0.6 is 0 Å². The highest BCUT2D eigenvalue weighted by Crippen LogP contribution is 2.23. The molecule has 0 aliphatic heterocycles. The summed E-state index contributed by atoms with van der Waals surface area (Å²) in [6, 6.07) is 22.4. The van der Waals surface area contributed by atoms with E-state index in [1.165, 1.54) is 11.1 Å². The molecule has 0 saturated carbocycles. The number of aromatic nitrogens is 3. The molecule has 0 spiro atoms. The van der Waals surface area contributed by atoms with Gasteiger partial charge in [-0.1, -0.05) is 30.3 Å². The summed E-state index contributed by atoms with van der Waals surface area (Å²) in [6.45, 7) is 0.226. The fourth-order valence-corrected chi connectivity index (χ4v) is 3.29. The largest absolute Gasteiger partial charge is 0.497 e. The topological polar surface area (TPSA) is 59.7 Å². The lowest BCUT2D eigenvalue weighted by atomic mass is 10.1. The monoisotopic (exact) mass is 373 g/mol. The highest BCUT2D eigenvalue weighted by molar-refractivity contribution is 5.63. The Morgan fingerprint density at radius 1 is 0.929 bits per heavy atom. The molecule has 4 rings (SSSR count). The molecule has 0 bridgehead atoms. The number of ether oxygens (including phenoxy) is 1. The van der Waals surface area contributed by atoms with E-state index in [2.05, 4.69) is 24.3 Å². The molecule has 0 radical (unpaired) electrons. The molecule has 4 aromatic rings. The second-order valence-electron chi connectivity index (χ2n) is 6.76. The Morgan fingerprint density at radius 3 is 2.39 bits per heavy atom. The summed E-state index contributed by atoms with van der Waals surface area (Å²) in [5.41, 5.74) is 5.31. The average Bonchev–Trinajstić information content (AvgIpc) is 3.16. The van der Waals surface area contributed by atoms with E-state index in [0.29, 0.717) is 6.42 Å². The molecule has 0 atom stereocenters. The van der Waals surface area contributed by atoms with Gasteiger partial charge in [-0.05, 0) is 60.4 Å². The Balaban J connectivity index is 1.59. The molecule has 2 aromatic heterocycles. The molecule has 2 aromatic carbocycles. The van der Waals surface area contributed by atoms with Crippen LogP contribution in [0.2, 0.25) is 0 Å². The van der Waals surface area contributed by atoms with E-state index in [1.54, 1.807) is 7.11 Å². The van der Waals surface area contributed by atoms with E-state index in [4.69, 9.17) is 19.9 Å². The zero-order chi connectivity index (χ0) is 19.3. The van der Waals surface area contributed by atoms with Gasteiger partial charge in [0.25, 0.3) is 0 Å². The Bertz CT molecular complexity index is 1050. The molecule has 0 aliphatic rings. The first-order valence-electron chi connectivity index (χ1n) is 9.44. The molecule has 2 heterocycles. The van der Waals surface area contributed by atoms with Gasteiger partial charge in [0.15, 0.2) is 11.5 Å². The van der Waals surface area contributed by atoms with E-state index in [1.807, 2.05) is 47.0 Å². The van der Waals surface area contributed by atoms with E-state index < -0.39 is 0 Å². The number of aliphatic hydroxyl groups excluding tert-OH is 1. The van der Waals surface area contributed by atoms with Crippen LogP contribution in [0, 0.1) is 0 Å². The SMILES string of the molecule is COc1ccc(-c2cccc3nc(Cc4ccc(CCCO)cc4)nn23)cc1. The van der Waals surface area contributed by atoms with Crippen LogP contribution in [0.5, 0.6) is 5.75 Å². The average molecular weight is 373 g/mol. The molecule has 28 heavy (non-hydrogen) atoms. The Hall–Kier alpha value is -3.18. The van der Waals surface area contributed by atoms with Gasteiger partial charge in [0.1, 0.15) is 5.75 Å². The summed E-state index contributed by atoms with van der Waals surface area (Å²) in [4.78, 5) is 4.69. The molecule has 1 N–H and O–H groups in total. The van der Waals surface area contributed by atoms with Gasteiger partial charge in [0.2, 0.25) is 0 Å². The Kier molecular flexibility index (Phi) is 5.35. The van der Waals surface area contributed by atoms with E-state index >= 15 is 0 Å². The molecule has 0 saturated heterocycles. The van der Waals surface area contributed by atoms with Gasteiger partial charge in [0, 0.05) is 18.6 Å². The van der Waals surface area contributed by atoms with Gasteiger partial charge >= 0.3 is 0 Å². The van der Waals surface area contributed by atoms with Crippen molar-refractivity contribution in [2.45, 2.75) is 19.3 Å². The number of aryl methyl sites for hydroxylation is 1. The van der Waals surface area contributed by atoms with Crippen molar-refractivity contribution in [1.29, 1.82) is 0 Å². The first-order valence-corrected chi connectivity index (χ1v) is 9.44. The lowest BCUT2D eigenvalue weighted by molar-refractivity contribution is 0.288. The van der Waals surface area contributed by atoms with Crippen molar-refractivity contribution in [3.8, 4) is 17.0 Å². The van der Waals surface area contributed by atoms with Crippen LogP contribution in [0.4, 0.5) is 0 Å². The summed E-state index contributed by atoms with van der Waals surface area (Å²) in [7, 11) is 1.67.